The van der Waals surface area contributed by atoms with Crippen LogP contribution in [0.1, 0.15) is 43.5 Å². The van der Waals surface area contributed by atoms with Gasteiger partial charge in [0, 0.05) is 10.6 Å². The topological polar surface area (TPSA) is 80.8 Å². The molecule has 6 nitrogen and oxygen atoms in total. The van der Waals surface area contributed by atoms with Crippen molar-refractivity contribution in [3.8, 4) is 0 Å². The lowest BCUT2D eigenvalue weighted by atomic mass is 9.81. The number of fused-ring (bicyclic) bond motifs is 5. The summed E-state index contributed by atoms with van der Waals surface area (Å²) in [7, 11) is 0. The van der Waals surface area contributed by atoms with E-state index in [1.54, 1.807) is 38.1 Å². The highest BCUT2D eigenvalue weighted by atomic mass is 35.5. The van der Waals surface area contributed by atoms with Gasteiger partial charge >= 0.3 is 5.97 Å². The number of ketones is 1. The Morgan fingerprint density at radius 3 is 2.14 bits per heavy atom. The van der Waals surface area contributed by atoms with Crippen LogP contribution in [0.3, 0.4) is 0 Å². The van der Waals surface area contributed by atoms with Crippen LogP contribution >= 0.6 is 11.6 Å². The Kier molecular flexibility index (Phi) is 5.23. The average Bonchev–Trinajstić information content (AvgIpc) is 3.36. The van der Waals surface area contributed by atoms with Gasteiger partial charge in [-0.1, -0.05) is 25.4 Å². The number of imide groups is 1. The van der Waals surface area contributed by atoms with Gasteiger partial charge in [-0.2, -0.15) is 0 Å². The van der Waals surface area contributed by atoms with Crippen LogP contribution in [0.15, 0.2) is 24.3 Å². The predicted octanol–water partition coefficient (Wildman–Crippen LogP) is 3.12. The monoisotopic (exact) mass is 417 g/mol. The van der Waals surface area contributed by atoms with E-state index in [0.717, 1.165) is 24.2 Å². The van der Waals surface area contributed by atoms with Gasteiger partial charge in [0.15, 0.2) is 12.4 Å². The zero-order chi connectivity index (χ0) is 20.9. The van der Waals surface area contributed by atoms with Crippen molar-refractivity contribution in [1.29, 1.82) is 0 Å². The molecule has 0 aromatic heterocycles. The highest BCUT2D eigenvalue weighted by molar-refractivity contribution is 6.30. The van der Waals surface area contributed by atoms with Gasteiger partial charge in [-0.15, -0.1) is 0 Å². The molecular formula is C22H24ClNO5. The van der Waals surface area contributed by atoms with Gasteiger partial charge in [-0.3, -0.25) is 19.3 Å². The van der Waals surface area contributed by atoms with E-state index >= 15 is 0 Å². The van der Waals surface area contributed by atoms with Crippen molar-refractivity contribution in [3.63, 3.8) is 0 Å². The maximum absolute atomic E-state index is 13.0. The van der Waals surface area contributed by atoms with E-state index in [-0.39, 0.29) is 47.2 Å². The fourth-order valence-corrected chi connectivity index (χ4v) is 5.45. The fraction of sp³-hybridized carbons (Fsp3) is 0.545. The highest BCUT2D eigenvalue weighted by Crippen LogP contribution is 2.56. The molecule has 1 saturated heterocycles. The summed E-state index contributed by atoms with van der Waals surface area (Å²) < 4.78 is 5.24. The van der Waals surface area contributed by atoms with Gasteiger partial charge in [-0.25, -0.2) is 4.79 Å². The molecule has 0 unspecified atom stereocenters. The summed E-state index contributed by atoms with van der Waals surface area (Å²) in [6.45, 7) is 3.10. The van der Waals surface area contributed by atoms with Crippen LogP contribution < -0.4 is 0 Å². The van der Waals surface area contributed by atoms with Gasteiger partial charge in [0.2, 0.25) is 11.8 Å². The summed E-state index contributed by atoms with van der Waals surface area (Å²) in [4.78, 5) is 52.3. The number of benzene rings is 1. The molecule has 1 aromatic rings. The predicted molar refractivity (Wildman–Crippen MR) is 105 cm³/mol. The Labute approximate surface area is 174 Å². The molecule has 2 amide bonds. The average molecular weight is 418 g/mol. The maximum Gasteiger partial charge on any atom is 0.330 e. The first-order valence-electron chi connectivity index (χ1n) is 10.1. The third kappa shape index (κ3) is 3.37. The molecule has 1 aromatic carbocycles. The number of rotatable bonds is 6. The molecule has 2 bridgehead atoms. The second-order valence-electron chi connectivity index (χ2n) is 8.66. The van der Waals surface area contributed by atoms with Crippen LogP contribution in [0.4, 0.5) is 0 Å². The van der Waals surface area contributed by atoms with E-state index in [1.165, 1.54) is 0 Å². The molecule has 154 valence electrons. The molecule has 3 aliphatic rings. The zero-order valence-corrected chi connectivity index (χ0v) is 17.2. The first-order chi connectivity index (χ1) is 13.8. The number of hydrogen-bond acceptors (Lipinski definition) is 5. The van der Waals surface area contributed by atoms with Gasteiger partial charge in [0.1, 0.15) is 6.04 Å². The van der Waals surface area contributed by atoms with Crippen molar-refractivity contribution in [2.24, 2.45) is 29.6 Å². The standard InChI is InChI=1S/C22H24ClNO5/c1-11(2)19(22(28)29-10-16(25)12-5-7-15(23)8-6-12)24-20(26)17-13-3-4-14(9-13)18(17)21(24)27/h5-8,11,13-14,17-19H,3-4,9-10H2,1-2H3/t13-,14-,17-,18+,19-/m1/s1. The molecule has 2 saturated carbocycles. The lowest BCUT2D eigenvalue weighted by Crippen LogP contribution is -2.50. The van der Waals surface area contributed by atoms with E-state index in [4.69, 9.17) is 16.3 Å². The molecule has 1 heterocycles. The van der Waals surface area contributed by atoms with Crippen LogP contribution in [-0.2, 0) is 19.1 Å². The number of ether oxygens (including phenoxy) is 1. The minimum atomic E-state index is -1.00. The van der Waals surface area contributed by atoms with Crippen LogP contribution in [0.5, 0.6) is 0 Å². The number of carbonyl (C=O) groups is 4. The van der Waals surface area contributed by atoms with Crippen molar-refractivity contribution >= 4 is 35.2 Å². The number of esters is 1. The molecule has 1 aliphatic heterocycles. The number of nitrogens with zero attached hydrogens (tertiary/aromatic N) is 1. The van der Waals surface area contributed by atoms with Crippen LogP contribution in [0.25, 0.3) is 0 Å². The van der Waals surface area contributed by atoms with Gasteiger partial charge in [0.25, 0.3) is 0 Å². The molecule has 0 N–H and O–H groups in total. The van der Waals surface area contributed by atoms with Crippen molar-refractivity contribution < 1.29 is 23.9 Å². The van der Waals surface area contributed by atoms with Crippen LogP contribution in [-0.4, -0.2) is 41.1 Å². The molecule has 7 heteroatoms. The van der Waals surface area contributed by atoms with Crippen molar-refractivity contribution in [3.05, 3.63) is 34.9 Å². The molecule has 0 radical (unpaired) electrons. The Morgan fingerprint density at radius 1 is 1.07 bits per heavy atom. The second kappa shape index (κ2) is 7.56. The van der Waals surface area contributed by atoms with Crippen molar-refractivity contribution in [2.45, 2.75) is 39.2 Å². The quantitative estimate of drug-likeness (QED) is 0.403. The minimum Gasteiger partial charge on any atom is -0.456 e. The number of hydrogen-bond donors (Lipinski definition) is 0. The van der Waals surface area contributed by atoms with Crippen molar-refractivity contribution in [2.75, 3.05) is 6.61 Å². The summed E-state index contributed by atoms with van der Waals surface area (Å²) in [5, 5.41) is 0.504. The smallest absolute Gasteiger partial charge is 0.330 e. The molecule has 0 spiro atoms. The third-order valence-electron chi connectivity index (χ3n) is 6.62. The van der Waals surface area contributed by atoms with Crippen molar-refractivity contribution in [1.82, 2.24) is 4.90 Å². The normalized spacial score (nSPS) is 28.8. The van der Waals surface area contributed by atoms with Gasteiger partial charge in [-0.05, 0) is 61.3 Å². The number of carbonyl (C=O) groups excluding carboxylic acids is 4. The van der Waals surface area contributed by atoms with Crippen LogP contribution in [0, 0.1) is 29.6 Å². The zero-order valence-electron chi connectivity index (χ0n) is 16.5. The highest BCUT2D eigenvalue weighted by Gasteiger charge is 2.62. The van der Waals surface area contributed by atoms with E-state index in [0.29, 0.717) is 10.6 Å². The minimum absolute atomic E-state index is 0.244. The molecule has 2 aliphatic carbocycles. The Bertz CT molecular complexity index is 836. The Morgan fingerprint density at radius 2 is 1.62 bits per heavy atom. The summed E-state index contributed by atoms with van der Waals surface area (Å²) in [6.07, 6.45) is 2.89. The lowest BCUT2D eigenvalue weighted by Gasteiger charge is -2.28. The summed E-state index contributed by atoms with van der Waals surface area (Å²) in [5.74, 6) is -1.94. The number of halogens is 1. The Balaban J connectivity index is 1.47. The fourth-order valence-electron chi connectivity index (χ4n) is 5.32. The molecule has 3 fully saturated rings. The molecule has 29 heavy (non-hydrogen) atoms. The van der Waals surface area contributed by atoms with E-state index in [2.05, 4.69) is 0 Å². The third-order valence-corrected chi connectivity index (χ3v) is 6.88. The van der Waals surface area contributed by atoms with E-state index in [1.807, 2.05) is 0 Å². The molecular weight excluding hydrogens is 394 g/mol. The molecule has 5 atom stereocenters. The largest absolute Gasteiger partial charge is 0.456 e. The number of amides is 2. The number of likely N-dealkylation sites (tertiary alicyclic amines) is 1. The summed E-state index contributed by atoms with van der Waals surface area (Å²) >= 11 is 5.82. The van der Waals surface area contributed by atoms with Gasteiger partial charge in [0.05, 0.1) is 11.8 Å². The number of Topliss-reactive ketones (excluding diaryl/α,β-unsaturated/α-hetero) is 1. The van der Waals surface area contributed by atoms with E-state index < -0.39 is 18.6 Å². The second-order valence-corrected chi connectivity index (χ2v) is 9.09. The SMILES string of the molecule is CC(C)[C@H](C(=O)OCC(=O)c1ccc(Cl)cc1)N1C(=O)[C@@H]2[C@@H]3CC[C@H](C3)[C@@H]2C1=O. The maximum atomic E-state index is 13.0. The first kappa shape index (κ1) is 20.1. The van der Waals surface area contributed by atoms with Crippen LogP contribution in [0.2, 0.25) is 5.02 Å². The summed E-state index contributed by atoms with van der Waals surface area (Å²) in [5.41, 5.74) is 0.378. The van der Waals surface area contributed by atoms with E-state index in [9.17, 15) is 19.2 Å². The Hall–Kier alpha value is -2.21. The first-order valence-corrected chi connectivity index (χ1v) is 10.5. The van der Waals surface area contributed by atoms with Gasteiger partial charge < -0.3 is 4.74 Å². The molecule has 4 rings (SSSR count). The lowest BCUT2D eigenvalue weighted by molar-refractivity contribution is -0.160. The summed E-state index contributed by atoms with van der Waals surface area (Å²) in [6, 6.07) is 5.29.